The van der Waals surface area contributed by atoms with E-state index >= 15 is 0 Å². The average Bonchev–Trinajstić information content (AvgIpc) is 3.26. The largest absolute Gasteiger partial charge is 0.368 e. The first-order valence-corrected chi connectivity index (χ1v) is 7.98. The van der Waals surface area contributed by atoms with Crippen molar-refractivity contribution < 1.29 is 0 Å². The predicted octanol–water partition coefficient (Wildman–Crippen LogP) is 2.81. The molecule has 0 amide bonds. The number of hydrogen-bond acceptors (Lipinski definition) is 2. The number of benzene rings is 1. The Kier molecular flexibility index (Phi) is 4.03. The minimum atomic E-state index is 0.635. The van der Waals surface area contributed by atoms with Crippen LogP contribution in [0.5, 0.6) is 0 Å². The Morgan fingerprint density at radius 2 is 1.95 bits per heavy atom. The smallest absolute Gasteiger partial charge is 0.169 e. The molecule has 2 fully saturated rings. The zero-order chi connectivity index (χ0) is 14.1. The van der Waals surface area contributed by atoms with E-state index in [-0.39, 0.29) is 0 Å². The van der Waals surface area contributed by atoms with Crippen LogP contribution in [0.15, 0.2) is 18.2 Å². The van der Waals surface area contributed by atoms with Crippen LogP contribution >= 0.6 is 23.8 Å². The van der Waals surface area contributed by atoms with Crippen LogP contribution in [0.4, 0.5) is 5.69 Å². The molecule has 0 radical (unpaired) electrons. The number of hydrogen-bond donors (Lipinski definition) is 1. The van der Waals surface area contributed by atoms with Gasteiger partial charge in [-0.25, -0.2) is 0 Å². The lowest BCUT2D eigenvalue weighted by Gasteiger charge is -2.38. The van der Waals surface area contributed by atoms with E-state index in [1.165, 1.54) is 24.1 Å². The number of aryl methyl sites for hydroxylation is 1. The normalized spacial score (nSPS) is 19.1. The maximum absolute atomic E-state index is 6.11. The maximum atomic E-state index is 6.11. The Morgan fingerprint density at radius 3 is 2.60 bits per heavy atom. The molecule has 1 N–H and O–H groups in total. The average molecular weight is 310 g/mol. The molecule has 0 spiro atoms. The van der Waals surface area contributed by atoms with E-state index in [0.717, 1.165) is 36.3 Å². The van der Waals surface area contributed by atoms with Crippen molar-refractivity contribution in [3.05, 3.63) is 28.8 Å². The molecule has 20 heavy (non-hydrogen) atoms. The first-order chi connectivity index (χ1) is 9.63. The van der Waals surface area contributed by atoms with Gasteiger partial charge in [-0.3, -0.25) is 0 Å². The summed E-state index contributed by atoms with van der Waals surface area (Å²) in [6.07, 6.45) is 2.53. The molecule has 1 aromatic carbocycles. The van der Waals surface area contributed by atoms with Crippen molar-refractivity contribution in [1.29, 1.82) is 0 Å². The van der Waals surface area contributed by atoms with E-state index in [2.05, 4.69) is 34.2 Å². The van der Waals surface area contributed by atoms with Crippen LogP contribution < -0.4 is 10.2 Å². The number of anilines is 1. The van der Waals surface area contributed by atoms with Crippen LogP contribution in [-0.2, 0) is 0 Å². The molecule has 1 aliphatic heterocycles. The summed E-state index contributed by atoms with van der Waals surface area (Å²) in [5, 5.41) is 5.15. The predicted molar refractivity (Wildman–Crippen MR) is 88.7 cm³/mol. The fourth-order valence-electron chi connectivity index (χ4n) is 2.57. The molecule has 0 atom stereocenters. The fourth-order valence-corrected chi connectivity index (χ4v) is 3.08. The highest BCUT2D eigenvalue weighted by Gasteiger charge is 2.26. The van der Waals surface area contributed by atoms with Crippen molar-refractivity contribution in [1.82, 2.24) is 10.2 Å². The van der Waals surface area contributed by atoms with Gasteiger partial charge in [-0.2, -0.15) is 0 Å². The number of nitrogens with zero attached hydrogens (tertiary/aromatic N) is 2. The third kappa shape index (κ3) is 3.18. The molecule has 1 aromatic rings. The lowest BCUT2D eigenvalue weighted by Crippen LogP contribution is -2.52. The quantitative estimate of drug-likeness (QED) is 0.846. The lowest BCUT2D eigenvalue weighted by molar-refractivity contribution is 0.380. The molecule has 0 bridgehead atoms. The molecule has 5 heteroatoms. The zero-order valence-electron chi connectivity index (χ0n) is 11.7. The molecule has 0 aromatic heterocycles. The SMILES string of the molecule is Cc1ccc(Cl)cc1N1CCN(C(=S)NC2CC2)CC1. The summed E-state index contributed by atoms with van der Waals surface area (Å²) < 4.78 is 0. The fraction of sp³-hybridized carbons (Fsp3) is 0.533. The lowest BCUT2D eigenvalue weighted by atomic mass is 10.1. The van der Waals surface area contributed by atoms with Gasteiger partial charge in [-0.05, 0) is 49.7 Å². The molecule has 3 rings (SSSR count). The molecule has 1 aliphatic carbocycles. The topological polar surface area (TPSA) is 18.5 Å². The van der Waals surface area contributed by atoms with Crippen molar-refractivity contribution in [3.8, 4) is 0 Å². The van der Waals surface area contributed by atoms with Crippen LogP contribution in [0.1, 0.15) is 18.4 Å². The van der Waals surface area contributed by atoms with Crippen molar-refractivity contribution >= 4 is 34.6 Å². The van der Waals surface area contributed by atoms with Gasteiger partial charge in [-0.1, -0.05) is 17.7 Å². The Balaban J connectivity index is 1.60. The highest BCUT2D eigenvalue weighted by Crippen LogP contribution is 2.25. The van der Waals surface area contributed by atoms with Crippen molar-refractivity contribution in [3.63, 3.8) is 0 Å². The number of nitrogens with one attached hydrogen (secondary N) is 1. The van der Waals surface area contributed by atoms with Crippen LogP contribution in [0.25, 0.3) is 0 Å². The maximum Gasteiger partial charge on any atom is 0.169 e. The minimum absolute atomic E-state index is 0.635. The van der Waals surface area contributed by atoms with E-state index in [1.54, 1.807) is 0 Å². The zero-order valence-corrected chi connectivity index (χ0v) is 13.3. The molecular formula is C15H20ClN3S. The van der Waals surface area contributed by atoms with Crippen molar-refractivity contribution in [2.75, 3.05) is 31.1 Å². The number of piperazine rings is 1. The van der Waals surface area contributed by atoms with Crippen LogP contribution in [0, 0.1) is 6.92 Å². The van der Waals surface area contributed by atoms with Crippen LogP contribution in [-0.4, -0.2) is 42.2 Å². The third-order valence-corrected chi connectivity index (χ3v) is 4.59. The second-order valence-corrected chi connectivity index (χ2v) is 6.45. The van der Waals surface area contributed by atoms with Gasteiger partial charge >= 0.3 is 0 Å². The summed E-state index contributed by atoms with van der Waals surface area (Å²) in [6, 6.07) is 6.73. The second kappa shape index (κ2) is 5.78. The molecule has 1 saturated carbocycles. The molecular weight excluding hydrogens is 290 g/mol. The van der Waals surface area contributed by atoms with Gasteiger partial charge in [-0.15, -0.1) is 0 Å². The standard InChI is InChI=1S/C15H20ClN3S/c1-11-2-3-12(16)10-14(11)18-6-8-19(9-7-18)15(20)17-13-4-5-13/h2-3,10,13H,4-9H2,1H3,(H,17,20). The van der Waals surface area contributed by atoms with Gasteiger partial charge in [0.15, 0.2) is 5.11 Å². The summed E-state index contributed by atoms with van der Waals surface area (Å²) in [5.41, 5.74) is 2.53. The summed E-state index contributed by atoms with van der Waals surface area (Å²) in [6.45, 7) is 6.08. The van der Waals surface area contributed by atoms with Crippen LogP contribution in [0.3, 0.4) is 0 Å². The molecule has 3 nitrogen and oxygen atoms in total. The molecule has 108 valence electrons. The van der Waals surface area contributed by atoms with Gasteiger partial charge in [0.25, 0.3) is 0 Å². The first-order valence-electron chi connectivity index (χ1n) is 7.20. The monoisotopic (exact) mass is 309 g/mol. The Hall–Kier alpha value is -1.00. The summed E-state index contributed by atoms with van der Waals surface area (Å²) in [5.74, 6) is 0. The van der Waals surface area contributed by atoms with Gasteiger partial charge < -0.3 is 15.1 Å². The second-order valence-electron chi connectivity index (χ2n) is 5.63. The Labute approximate surface area is 130 Å². The van der Waals surface area contributed by atoms with Gasteiger partial charge in [0.1, 0.15) is 0 Å². The van der Waals surface area contributed by atoms with E-state index in [1.807, 2.05) is 6.07 Å². The van der Waals surface area contributed by atoms with E-state index < -0.39 is 0 Å². The van der Waals surface area contributed by atoms with Gasteiger partial charge in [0.05, 0.1) is 0 Å². The highest BCUT2D eigenvalue weighted by molar-refractivity contribution is 7.80. The molecule has 1 saturated heterocycles. The Morgan fingerprint density at radius 1 is 1.25 bits per heavy atom. The van der Waals surface area contributed by atoms with Crippen molar-refractivity contribution in [2.24, 2.45) is 0 Å². The summed E-state index contributed by atoms with van der Waals surface area (Å²) >= 11 is 11.6. The summed E-state index contributed by atoms with van der Waals surface area (Å²) in [7, 11) is 0. The third-order valence-electron chi connectivity index (χ3n) is 3.98. The van der Waals surface area contributed by atoms with Crippen LogP contribution in [0.2, 0.25) is 5.02 Å². The van der Waals surface area contributed by atoms with E-state index in [9.17, 15) is 0 Å². The summed E-state index contributed by atoms with van der Waals surface area (Å²) in [4.78, 5) is 4.68. The molecule has 2 aliphatic rings. The number of thiocarbonyl (C=S) groups is 1. The van der Waals surface area contributed by atoms with Gasteiger partial charge in [0, 0.05) is 42.9 Å². The van der Waals surface area contributed by atoms with Gasteiger partial charge in [0.2, 0.25) is 0 Å². The minimum Gasteiger partial charge on any atom is -0.368 e. The van der Waals surface area contributed by atoms with Crippen molar-refractivity contribution in [2.45, 2.75) is 25.8 Å². The Bertz CT molecular complexity index is 508. The van der Waals surface area contributed by atoms with E-state index in [0.29, 0.717) is 6.04 Å². The first kappa shape index (κ1) is 14.0. The van der Waals surface area contributed by atoms with E-state index in [4.69, 9.17) is 23.8 Å². The molecule has 0 unspecified atom stereocenters. The molecule has 1 heterocycles. The number of halogens is 1. The number of rotatable bonds is 2. The highest BCUT2D eigenvalue weighted by atomic mass is 35.5.